The third-order valence-corrected chi connectivity index (χ3v) is 5.93. The maximum Gasteiger partial charge on any atom is 0.321 e. The fourth-order valence-electron chi connectivity index (χ4n) is 3.28. The molecule has 152 valence electrons. The van der Waals surface area contributed by atoms with Gasteiger partial charge in [0.05, 0.1) is 18.7 Å². The highest BCUT2D eigenvalue weighted by molar-refractivity contribution is 7.15. The molecule has 2 aromatic rings. The van der Waals surface area contributed by atoms with Gasteiger partial charge in [0.2, 0.25) is 5.13 Å². The van der Waals surface area contributed by atoms with Crippen molar-refractivity contribution in [2.45, 2.75) is 51.5 Å². The van der Waals surface area contributed by atoms with Crippen LogP contribution in [-0.2, 0) is 6.54 Å². The van der Waals surface area contributed by atoms with E-state index in [2.05, 4.69) is 20.8 Å². The smallest absolute Gasteiger partial charge is 0.321 e. The summed E-state index contributed by atoms with van der Waals surface area (Å²) in [4.78, 5) is 12.2. The molecule has 0 atom stereocenters. The van der Waals surface area contributed by atoms with Gasteiger partial charge in [-0.25, -0.2) is 4.79 Å². The molecule has 0 radical (unpaired) electrons. The molecule has 1 aliphatic carbocycles. The standard InChI is InChI=1S/C19H25ClN4O3S/c1-3-27-16-14(20)9-12(10-15(16)26-2)11-21-18(25)22-19-24-23-17(28-19)13-7-5-4-6-8-13/h9-10,13H,3-8,11H2,1-2H3,(H2,21,22,24,25). The lowest BCUT2D eigenvalue weighted by atomic mass is 9.90. The number of ether oxygens (including phenoxy) is 2. The lowest BCUT2D eigenvalue weighted by molar-refractivity contribution is 0.251. The zero-order valence-electron chi connectivity index (χ0n) is 16.1. The fraction of sp³-hybridized carbons (Fsp3) is 0.526. The van der Waals surface area contributed by atoms with Crippen molar-refractivity contribution in [3.05, 3.63) is 27.7 Å². The van der Waals surface area contributed by atoms with Gasteiger partial charge in [-0.1, -0.05) is 42.2 Å². The molecule has 1 saturated carbocycles. The van der Waals surface area contributed by atoms with Gasteiger partial charge in [0.1, 0.15) is 5.01 Å². The SMILES string of the molecule is CCOc1c(Cl)cc(CNC(=O)Nc2nnc(C3CCCCC3)s2)cc1OC. The molecule has 2 amide bonds. The molecule has 9 heteroatoms. The molecule has 1 aliphatic rings. The number of nitrogens with one attached hydrogen (secondary N) is 2. The van der Waals surface area contributed by atoms with Crippen molar-refractivity contribution < 1.29 is 14.3 Å². The van der Waals surface area contributed by atoms with E-state index in [1.807, 2.05) is 6.92 Å². The largest absolute Gasteiger partial charge is 0.493 e. The number of hydrogen-bond donors (Lipinski definition) is 2. The van der Waals surface area contributed by atoms with Crippen molar-refractivity contribution in [3.63, 3.8) is 0 Å². The Balaban J connectivity index is 1.56. The Hall–Kier alpha value is -2.06. The molecule has 0 saturated heterocycles. The molecule has 1 aromatic heterocycles. The number of carbonyl (C=O) groups excluding carboxylic acids is 1. The van der Waals surface area contributed by atoms with Crippen LogP contribution < -0.4 is 20.1 Å². The van der Waals surface area contributed by atoms with Crippen LogP contribution in [0.15, 0.2) is 12.1 Å². The molecule has 0 aliphatic heterocycles. The number of aromatic nitrogens is 2. The summed E-state index contributed by atoms with van der Waals surface area (Å²) in [5.41, 5.74) is 0.806. The van der Waals surface area contributed by atoms with Crippen LogP contribution in [0.25, 0.3) is 0 Å². The number of rotatable bonds is 7. The van der Waals surface area contributed by atoms with E-state index in [9.17, 15) is 4.79 Å². The van der Waals surface area contributed by atoms with Crippen LogP contribution in [0.3, 0.4) is 0 Å². The van der Waals surface area contributed by atoms with Crippen LogP contribution in [0.1, 0.15) is 55.5 Å². The second-order valence-corrected chi connectivity index (χ2v) is 8.05. The first-order chi connectivity index (χ1) is 13.6. The Morgan fingerprint density at radius 3 is 2.79 bits per heavy atom. The van der Waals surface area contributed by atoms with E-state index in [0.29, 0.717) is 40.7 Å². The number of nitrogens with zero attached hydrogens (tertiary/aromatic N) is 2. The quantitative estimate of drug-likeness (QED) is 0.655. The number of amides is 2. The predicted octanol–water partition coefficient (Wildman–Crippen LogP) is 4.97. The van der Waals surface area contributed by atoms with Gasteiger partial charge in [0.25, 0.3) is 0 Å². The number of anilines is 1. The van der Waals surface area contributed by atoms with Crippen molar-refractivity contribution in [1.29, 1.82) is 0 Å². The van der Waals surface area contributed by atoms with E-state index < -0.39 is 0 Å². The normalized spacial score (nSPS) is 14.5. The molecule has 7 nitrogen and oxygen atoms in total. The molecule has 0 bridgehead atoms. The van der Waals surface area contributed by atoms with Gasteiger partial charge in [0.15, 0.2) is 11.5 Å². The van der Waals surface area contributed by atoms with Gasteiger partial charge < -0.3 is 14.8 Å². The Labute approximate surface area is 173 Å². The summed E-state index contributed by atoms with van der Waals surface area (Å²) in [6.07, 6.45) is 6.08. The second kappa shape index (κ2) is 9.93. The molecular formula is C19H25ClN4O3S. The summed E-state index contributed by atoms with van der Waals surface area (Å²) < 4.78 is 10.8. The van der Waals surface area contributed by atoms with Crippen molar-refractivity contribution in [2.75, 3.05) is 19.0 Å². The third-order valence-electron chi connectivity index (χ3n) is 4.65. The van der Waals surface area contributed by atoms with Crippen LogP contribution >= 0.6 is 22.9 Å². The number of hydrogen-bond acceptors (Lipinski definition) is 6. The Kier molecular flexibility index (Phi) is 7.33. The van der Waals surface area contributed by atoms with Crippen LogP contribution in [0, 0.1) is 0 Å². The molecule has 1 heterocycles. The molecular weight excluding hydrogens is 400 g/mol. The number of methoxy groups -OCH3 is 1. The zero-order chi connectivity index (χ0) is 19.9. The summed E-state index contributed by atoms with van der Waals surface area (Å²) in [5, 5.41) is 15.9. The fourth-order valence-corrected chi connectivity index (χ4v) is 4.48. The maximum absolute atomic E-state index is 12.2. The molecule has 3 rings (SSSR count). The van der Waals surface area contributed by atoms with Gasteiger partial charge in [0, 0.05) is 12.5 Å². The van der Waals surface area contributed by atoms with Crippen LogP contribution in [0.4, 0.5) is 9.93 Å². The predicted molar refractivity (Wildman–Crippen MR) is 111 cm³/mol. The molecule has 28 heavy (non-hydrogen) atoms. The zero-order valence-corrected chi connectivity index (χ0v) is 17.7. The molecule has 1 fully saturated rings. The minimum Gasteiger partial charge on any atom is -0.493 e. The van der Waals surface area contributed by atoms with E-state index in [1.165, 1.54) is 30.6 Å². The van der Waals surface area contributed by atoms with Gasteiger partial charge in [-0.2, -0.15) is 0 Å². The second-order valence-electron chi connectivity index (χ2n) is 6.63. The Morgan fingerprint density at radius 1 is 1.29 bits per heavy atom. The number of carbonyl (C=O) groups is 1. The van der Waals surface area contributed by atoms with Crippen LogP contribution in [0.2, 0.25) is 5.02 Å². The monoisotopic (exact) mass is 424 g/mol. The van der Waals surface area contributed by atoms with E-state index in [4.69, 9.17) is 21.1 Å². The van der Waals surface area contributed by atoms with Gasteiger partial charge in [-0.05, 0) is 37.5 Å². The van der Waals surface area contributed by atoms with Crippen LogP contribution in [0.5, 0.6) is 11.5 Å². The summed E-state index contributed by atoms with van der Waals surface area (Å²) in [6.45, 7) is 2.66. The average Bonchev–Trinajstić information content (AvgIpc) is 3.17. The number of urea groups is 1. The highest BCUT2D eigenvalue weighted by Crippen LogP contribution is 2.37. The van der Waals surface area contributed by atoms with Crippen molar-refractivity contribution in [1.82, 2.24) is 15.5 Å². The first kappa shape index (κ1) is 20.7. The molecule has 2 N–H and O–H groups in total. The highest BCUT2D eigenvalue weighted by atomic mass is 35.5. The third kappa shape index (κ3) is 5.26. The average molecular weight is 425 g/mol. The lowest BCUT2D eigenvalue weighted by Gasteiger charge is -2.18. The summed E-state index contributed by atoms with van der Waals surface area (Å²) >= 11 is 7.72. The Bertz CT molecular complexity index is 808. The van der Waals surface area contributed by atoms with Crippen molar-refractivity contribution in [2.24, 2.45) is 0 Å². The molecule has 1 aromatic carbocycles. The summed E-state index contributed by atoms with van der Waals surface area (Å²) in [7, 11) is 1.55. The van der Waals surface area contributed by atoms with E-state index >= 15 is 0 Å². The minimum absolute atomic E-state index is 0.294. The van der Waals surface area contributed by atoms with E-state index in [0.717, 1.165) is 23.4 Å². The number of halogens is 1. The van der Waals surface area contributed by atoms with Crippen molar-refractivity contribution >= 4 is 34.1 Å². The number of benzene rings is 1. The van der Waals surface area contributed by atoms with Gasteiger partial charge >= 0.3 is 6.03 Å². The highest BCUT2D eigenvalue weighted by Gasteiger charge is 2.20. The van der Waals surface area contributed by atoms with E-state index in [1.54, 1.807) is 19.2 Å². The van der Waals surface area contributed by atoms with Gasteiger partial charge in [-0.3, -0.25) is 5.32 Å². The van der Waals surface area contributed by atoms with Crippen LogP contribution in [-0.4, -0.2) is 29.9 Å². The Morgan fingerprint density at radius 2 is 2.07 bits per heavy atom. The summed E-state index contributed by atoms with van der Waals surface area (Å²) in [6, 6.07) is 3.21. The molecule has 0 unspecified atom stereocenters. The lowest BCUT2D eigenvalue weighted by Crippen LogP contribution is -2.28. The van der Waals surface area contributed by atoms with Crippen molar-refractivity contribution in [3.8, 4) is 11.5 Å². The van der Waals surface area contributed by atoms with Gasteiger partial charge in [-0.15, -0.1) is 10.2 Å². The first-order valence-electron chi connectivity index (χ1n) is 9.48. The maximum atomic E-state index is 12.2. The summed E-state index contributed by atoms with van der Waals surface area (Å²) in [5.74, 6) is 1.51. The minimum atomic E-state index is -0.338. The molecule has 0 spiro atoms. The first-order valence-corrected chi connectivity index (χ1v) is 10.7. The van der Waals surface area contributed by atoms with E-state index in [-0.39, 0.29) is 6.03 Å². The topological polar surface area (TPSA) is 85.4 Å².